The van der Waals surface area contributed by atoms with Gasteiger partial charge in [0.15, 0.2) is 17.2 Å². The standard InChI is InChI=1S/C34H26N2O11/c35-18-20-11-13-23(14-12-20)44-24-8-3-5-21(15-24)19-36(27-10-4-7-22-6-1-2-9-25(22)27)31(37)26-16-29(46-33(40)41)30(47-34(42)43)17-28(26)45-32(38)39/h1-3,5-6,8-9,11-17,27H,4,7,10,19H2,(H,38,39)(H,40,41)(H,42,43)/t27-/m0/s1. The molecule has 0 aliphatic heterocycles. The van der Waals surface area contributed by atoms with Gasteiger partial charge >= 0.3 is 18.5 Å². The molecule has 3 N–H and O–H groups in total. The Morgan fingerprint density at radius 1 is 0.766 bits per heavy atom. The molecule has 4 aromatic rings. The number of carboxylic acid groups (broad SMARTS) is 3. The van der Waals surface area contributed by atoms with E-state index < -0.39 is 53.2 Å². The second kappa shape index (κ2) is 14.0. The Morgan fingerprint density at radius 3 is 2.11 bits per heavy atom. The maximum absolute atomic E-state index is 14.5. The predicted octanol–water partition coefficient (Wildman–Crippen LogP) is 7.24. The molecule has 0 heterocycles. The first-order chi connectivity index (χ1) is 22.6. The van der Waals surface area contributed by atoms with Crippen LogP contribution in [0.2, 0.25) is 0 Å². The average molecular weight is 639 g/mol. The topological polar surface area (TPSA) is 193 Å². The third kappa shape index (κ3) is 7.76. The summed E-state index contributed by atoms with van der Waals surface area (Å²) in [6.07, 6.45) is -3.41. The molecule has 47 heavy (non-hydrogen) atoms. The highest BCUT2D eigenvalue weighted by Gasteiger charge is 2.33. The summed E-state index contributed by atoms with van der Waals surface area (Å²) < 4.78 is 20.1. The second-order valence-electron chi connectivity index (χ2n) is 10.3. The fourth-order valence-corrected chi connectivity index (χ4v) is 5.40. The molecule has 0 spiro atoms. The van der Waals surface area contributed by atoms with Crippen molar-refractivity contribution in [1.29, 1.82) is 5.26 Å². The van der Waals surface area contributed by atoms with Gasteiger partial charge in [-0.15, -0.1) is 0 Å². The van der Waals surface area contributed by atoms with Crippen molar-refractivity contribution < 1.29 is 53.4 Å². The first-order valence-corrected chi connectivity index (χ1v) is 14.2. The molecule has 1 aliphatic rings. The van der Waals surface area contributed by atoms with Crippen LogP contribution in [0.15, 0.2) is 84.9 Å². The van der Waals surface area contributed by atoms with Gasteiger partial charge in [0.05, 0.1) is 23.2 Å². The summed E-state index contributed by atoms with van der Waals surface area (Å²) in [6.45, 7) is -0.00257. The normalized spacial score (nSPS) is 13.3. The van der Waals surface area contributed by atoms with Crippen LogP contribution >= 0.6 is 0 Å². The third-order valence-electron chi connectivity index (χ3n) is 7.31. The van der Waals surface area contributed by atoms with E-state index in [1.165, 1.54) is 4.90 Å². The van der Waals surface area contributed by atoms with Gasteiger partial charge in [-0.2, -0.15) is 5.26 Å². The lowest BCUT2D eigenvalue weighted by atomic mass is 9.86. The number of carbonyl (C=O) groups excluding carboxylic acids is 1. The number of fused-ring (bicyclic) bond motifs is 1. The molecule has 0 fully saturated rings. The van der Waals surface area contributed by atoms with Crippen LogP contribution < -0.4 is 18.9 Å². The van der Waals surface area contributed by atoms with Crippen LogP contribution in [0.3, 0.4) is 0 Å². The number of benzene rings is 4. The molecule has 13 heteroatoms. The Balaban J connectivity index is 1.58. The SMILES string of the molecule is N#Cc1ccc(Oc2cccc(CN(C(=O)c3cc(OC(=O)O)c(OC(=O)O)cc3OC(=O)O)[C@H]3CCCc4ccccc43)c2)cc1. The van der Waals surface area contributed by atoms with Gasteiger partial charge in [-0.1, -0.05) is 36.4 Å². The van der Waals surface area contributed by atoms with Gasteiger partial charge in [0.25, 0.3) is 5.91 Å². The summed E-state index contributed by atoms with van der Waals surface area (Å²) in [5.74, 6) is -1.77. The van der Waals surface area contributed by atoms with Crippen molar-refractivity contribution in [2.45, 2.75) is 31.8 Å². The Morgan fingerprint density at radius 2 is 1.43 bits per heavy atom. The van der Waals surface area contributed by atoms with E-state index in [1.54, 1.807) is 48.5 Å². The van der Waals surface area contributed by atoms with E-state index in [0.717, 1.165) is 36.1 Å². The number of rotatable bonds is 9. The Hall–Kier alpha value is -6.55. The summed E-state index contributed by atoms with van der Waals surface area (Å²) >= 11 is 0. The minimum absolute atomic E-state index is 0.00257. The largest absolute Gasteiger partial charge is 0.511 e. The van der Waals surface area contributed by atoms with E-state index in [4.69, 9.17) is 24.6 Å². The van der Waals surface area contributed by atoms with Crippen molar-refractivity contribution in [2.24, 2.45) is 0 Å². The van der Waals surface area contributed by atoms with Crippen molar-refractivity contribution >= 4 is 24.4 Å². The van der Waals surface area contributed by atoms with Crippen LogP contribution in [-0.2, 0) is 13.0 Å². The quantitative estimate of drug-likeness (QED) is 0.123. The highest BCUT2D eigenvalue weighted by molar-refractivity contribution is 5.99. The number of carbonyl (C=O) groups is 4. The predicted molar refractivity (Wildman–Crippen MR) is 162 cm³/mol. The summed E-state index contributed by atoms with van der Waals surface area (Å²) in [4.78, 5) is 50.4. The van der Waals surface area contributed by atoms with E-state index >= 15 is 0 Å². The van der Waals surface area contributed by atoms with Crippen LogP contribution in [-0.4, -0.2) is 44.6 Å². The Bertz CT molecular complexity index is 1880. The Labute approximate surface area is 267 Å². The fraction of sp³-hybridized carbons (Fsp3) is 0.147. The number of nitrogens with zero attached hydrogens (tertiary/aromatic N) is 2. The van der Waals surface area contributed by atoms with Crippen molar-refractivity contribution in [1.82, 2.24) is 4.90 Å². The molecule has 0 saturated carbocycles. The summed E-state index contributed by atoms with van der Waals surface area (Å²) in [6, 6.07) is 24.3. The smallest absolute Gasteiger partial charge is 0.457 e. The zero-order valence-electron chi connectivity index (χ0n) is 24.5. The molecular formula is C34H26N2O11. The number of hydrogen-bond donors (Lipinski definition) is 3. The summed E-state index contributed by atoms with van der Waals surface area (Å²) in [5, 5.41) is 36.9. The molecule has 1 aliphatic carbocycles. The zero-order chi connectivity index (χ0) is 33.5. The lowest BCUT2D eigenvalue weighted by molar-refractivity contribution is 0.0633. The van der Waals surface area contributed by atoms with Gasteiger partial charge in [0.2, 0.25) is 0 Å². The lowest BCUT2D eigenvalue weighted by Crippen LogP contribution is -2.36. The number of amides is 1. The molecule has 5 rings (SSSR count). The van der Waals surface area contributed by atoms with Crippen LogP contribution in [0, 0.1) is 11.3 Å². The van der Waals surface area contributed by atoms with Gasteiger partial charge in [0.1, 0.15) is 11.5 Å². The fourth-order valence-electron chi connectivity index (χ4n) is 5.40. The average Bonchev–Trinajstić information content (AvgIpc) is 3.04. The summed E-state index contributed by atoms with van der Waals surface area (Å²) in [5.41, 5.74) is 2.61. The Kier molecular flexibility index (Phi) is 9.52. The van der Waals surface area contributed by atoms with Gasteiger partial charge < -0.3 is 39.2 Å². The second-order valence-corrected chi connectivity index (χ2v) is 10.3. The molecular weight excluding hydrogens is 612 g/mol. The number of aryl methyl sites for hydroxylation is 1. The van der Waals surface area contributed by atoms with E-state index in [0.29, 0.717) is 29.0 Å². The van der Waals surface area contributed by atoms with E-state index in [2.05, 4.69) is 4.74 Å². The summed E-state index contributed by atoms with van der Waals surface area (Å²) in [7, 11) is 0. The van der Waals surface area contributed by atoms with Crippen LogP contribution in [0.25, 0.3) is 0 Å². The minimum Gasteiger partial charge on any atom is -0.457 e. The monoisotopic (exact) mass is 638 g/mol. The van der Waals surface area contributed by atoms with Gasteiger partial charge in [0, 0.05) is 18.7 Å². The highest BCUT2D eigenvalue weighted by Crippen LogP contribution is 2.40. The molecule has 0 bridgehead atoms. The molecule has 238 valence electrons. The van der Waals surface area contributed by atoms with Crippen molar-refractivity contribution in [2.75, 3.05) is 0 Å². The number of ether oxygens (including phenoxy) is 4. The van der Waals surface area contributed by atoms with Gasteiger partial charge in [-0.25, -0.2) is 14.4 Å². The number of nitriles is 1. The molecule has 1 amide bonds. The van der Waals surface area contributed by atoms with Crippen molar-refractivity contribution in [3.8, 4) is 34.8 Å². The van der Waals surface area contributed by atoms with Gasteiger partial charge in [-0.3, -0.25) is 4.79 Å². The zero-order valence-corrected chi connectivity index (χ0v) is 24.5. The van der Waals surface area contributed by atoms with E-state index in [-0.39, 0.29) is 6.54 Å². The number of hydrogen-bond acceptors (Lipinski definition) is 9. The maximum Gasteiger partial charge on any atom is 0.511 e. The van der Waals surface area contributed by atoms with Crippen molar-refractivity contribution in [3.05, 3.63) is 113 Å². The molecule has 13 nitrogen and oxygen atoms in total. The highest BCUT2D eigenvalue weighted by atomic mass is 16.7. The molecule has 4 aromatic carbocycles. The van der Waals surface area contributed by atoms with E-state index in [1.807, 2.05) is 30.3 Å². The molecule has 0 unspecified atom stereocenters. The first kappa shape index (κ1) is 31.9. The third-order valence-corrected chi connectivity index (χ3v) is 7.31. The molecule has 1 atom stereocenters. The van der Waals surface area contributed by atoms with Crippen molar-refractivity contribution in [3.63, 3.8) is 0 Å². The first-order valence-electron chi connectivity index (χ1n) is 14.2. The van der Waals surface area contributed by atoms with E-state index in [9.17, 15) is 29.4 Å². The molecule has 0 saturated heterocycles. The lowest BCUT2D eigenvalue weighted by Gasteiger charge is -2.36. The maximum atomic E-state index is 14.5. The van der Waals surface area contributed by atoms with Crippen LogP contribution in [0.1, 0.15) is 51.5 Å². The minimum atomic E-state index is -1.84. The van der Waals surface area contributed by atoms with Gasteiger partial charge in [-0.05, 0) is 72.4 Å². The van der Waals surface area contributed by atoms with Crippen LogP contribution in [0.5, 0.6) is 28.7 Å². The molecule has 0 aromatic heterocycles. The molecule has 0 radical (unpaired) electrons. The van der Waals surface area contributed by atoms with Crippen LogP contribution in [0.4, 0.5) is 14.4 Å².